The molecule has 1 aliphatic rings. The molecule has 1 saturated heterocycles. The van der Waals surface area contributed by atoms with E-state index in [-0.39, 0.29) is 24.4 Å². The minimum absolute atomic E-state index is 0. The zero-order chi connectivity index (χ0) is 13.9. The Kier molecular flexibility index (Phi) is 5.33. The fourth-order valence-electron chi connectivity index (χ4n) is 2.39. The maximum Gasteiger partial charge on any atom is 0.241 e. The highest BCUT2D eigenvalue weighted by molar-refractivity contribution is 7.09. The van der Waals surface area contributed by atoms with E-state index >= 15 is 0 Å². The van der Waals surface area contributed by atoms with Crippen LogP contribution in [0.5, 0.6) is 0 Å². The zero-order valence-corrected chi connectivity index (χ0v) is 13.4. The molecule has 1 aliphatic heterocycles. The van der Waals surface area contributed by atoms with Crippen LogP contribution >= 0.6 is 23.7 Å². The summed E-state index contributed by atoms with van der Waals surface area (Å²) in [5, 5.41) is 9.26. The lowest BCUT2D eigenvalue weighted by Crippen LogP contribution is -2.35. The highest BCUT2D eigenvalue weighted by atomic mass is 35.5. The first-order valence-electron chi connectivity index (χ1n) is 6.79. The number of halogens is 1. The van der Waals surface area contributed by atoms with Crippen molar-refractivity contribution in [2.75, 3.05) is 11.9 Å². The molecule has 1 fully saturated rings. The summed E-state index contributed by atoms with van der Waals surface area (Å²) in [6.45, 7) is 2.92. The summed E-state index contributed by atoms with van der Waals surface area (Å²) in [5.41, 5.74) is 2.82. The van der Waals surface area contributed by atoms with Crippen LogP contribution in [0.1, 0.15) is 17.8 Å². The third-order valence-corrected chi connectivity index (χ3v) is 4.20. The normalized spacial score (nSPS) is 17.3. The molecule has 112 valence electrons. The second-order valence-corrected chi connectivity index (χ2v) is 6.03. The van der Waals surface area contributed by atoms with Gasteiger partial charge < -0.3 is 10.6 Å². The van der Waals surface area contributed by atoms with Crippen molar-refractivity contribution in [1.82, 2.24) is 10.3 Å². The van der Waals surface area contributed by atoms with Gasteiger partial charge in [-0.2, -0.15) is 0 Å². The van der Waals surface area contributed by atoms with E-state index in [0.29, 0.717) is 0 Å². The number of nitrogens with zero attached hydrogens (tertiary/aromatic N) is 1. The van der Waals surface area contributed by atoms with Crippen LogP contribution in [0.25, 0.3) is 11.3 Å². The van der Waals surface area contributed by atoms with Gasteiger partial charge in [0.2, 0.25) is 5.91 Å². The molecular formula is C15H18ClN3OS. The molecule has 0 radical (unpaired) electrons. The van der Waals surface area contributed by atoms with Crippen LogP contribution in [0, 0.1) is 6.92 Å². The van der Waals surface area contributed by atoms with Crippen molar-refractivity contribution < 1.29 is 4.79 Å². The Balaban J connectivity index is 0.00000161. The molecule has 1 aromatic carbocycles. The van der Waals surface area contributed by atoms with Gasteiger partial charge in [-0.3, -0.25) is 4.79 Å². The molecule has 0 aliphatic carbocycles. The second-order valence-electron chi connectivity index (χ2n) is 4.97. The number of rotatable bonds is 3. The van der Waals surface area contributed by atoms with Crippen LogP contribution in [0.4, 0.5) is 5.69 Å². The molecular weight excluding hydrogens is 306 g/mol. The van der Waals surface area contributed by atoms with E-state index in [0.717, 1.165) is 41.3 Å². The highest BCUT2D eigenvalue weighted by Gasteiger charge is 2.21. The molecule has 1 atom stereocenters. The van der Waals surface area contributed by atoms with E-state index in [1.54, 1.807) is 11.3 Å². The number of benzene rings is 1. The topological polar surface area (TPSA) is 54.0 Å². The average molecular weight is 324 g/mol. The zero-order valence-electron chi connectivity index (χ0n) is 11.8. The predicted molar refractivity (Wildman–Crippen MR) is 89.2 cm³/mol. The number of hydrogen-bond donors (Lipinski definition) is 2. The minimum Gasteiger partial charge on any atom is -0.325 e. The number of hydrogen-bond acceptors (Lipinski definition) is 4. The predicted octanol–water partition coefficient (Wildman–Crippen LogP) is 3.23. The number of nitrogens with one attached hydrogen (secondary N) is 2. The van der Waals surface area contributed by atoms with Crippen molar-refractivity contribution in [2.24, 2.45) is 0 Å². The number of carbonyl (C=O) groups is 1. The summed E-state index contributed by atoms with van der Waals surface area (Å²) in [5.74, 6) is 0.0501. The van der Waals surface area contributed by atoms with E-state index in [1.807, 2.05) is 36.6 Å². The standard InChI is InChI=1S/C15H17N3OS.ClH/c1-10-17-14(9-20-10)11-4-2-5-12(8-11)18-15(19)13-6-3-7-16-13;/h2,4-5,8-9,13,16H,3,6-7H2,1H3,(H,18,19);1H/t13-;/m0./s1. The monoisotopic (exact) mass is 323 g/mol. The molecule has 1 amide bonds. The Morgan fingerprint density at radius 2 is 2.33 bits per heavy atom. The summed E-state index contributed by atoms with van der Waals surface area (Å²) >= 11 is 1.63. The van der Waals surface area contributed by atoms with Crippen LogP contribution in [0.15, 0.2) is 29.6 Å². The van der Waals surface area contributed by atoms with Crippen molar-refractivity contribution in [3.05, 3.63) is 34.7 Å². The molecule has 21 heavy (non-hydrogen) atoms. The Hall–Kier alpha value is -1.43. The van der Waals surface area contributed by atoms with Gasteiger partial charge in [0, 0.05) is 16.6 Å². The third kappa shape index (κ3) is 3.81. The van der Waals surface area contributed by atoms with Gasteiger partial charge in [-0.15, -0.1) is 23.7 Å². The molecule has 1 aromatic heterocycles. The first-order valence-corrected chi connectivity index (χ1v) is 7.67. The number of aryl methyl sites for hydroxylation is 1. The summed E-state index contributed by atoms with van der Waals surface area (Å²) in [6.07, 6.45) is 1.98. The molecule has 2 aromatic rings. The molecule has 4 nitrogen and oxygen atoms in total. The molecule has 0 bridgehead atoms. The van der Waals surface area contributed by atoms with Crippen molar-refractivity contribution >= 4 is 35.3 Å². The van der Waals surface area contributed by atoms with E-state index in [1.165, 1.54) is 0 Å². The van der Waals surface area contributed by atoms with Gasteiger partial charge >= 0.3 is 0 Å². The van der Waals surface area contributed by atoms with Crippen molar-refractivity contribution in [1.29, 1.82) is 0 Å². The highest BCUT2D eigenvalue weighted by Crippen LogP contribution is 2.24. The van der Waals surface area contributed by atoms with Gasteiger partial charge in [0.25, 0.3) is 0 Å². The summed E-state index contributed by atoms with van der Waals surface area (Å²) in [7, 11) is 0. The minimum atomic E-state index is -0.0554. The number of anilines is 1. The molecule has 2 heterocycles. The van der Waals surface area contributed by atoms with E-state index in [9.17, 15) is 4.79 Å². The fourth-order valence-corrected chi connectivity index (χ4v) is 3.01. The van der Waals surface area contributed by atoms with Crippen molar-refractivity contribution in [3.8, 4) is 11.3 Å². The van der Waals surface area contributed by atoms with Crippen LogP contribution in [-0.2, 0) is 4.79 Å². The molecule has 0 spiro atoms. The maximum absolute atomic E-state index is 12.1. The van der Waals surface area contributed by atoms with Gasteiger partial charge in [-0.05, 0) is 38.4 Å². The molecule has 3 rings (SSSR count). The Labute approximate surface area is 134 Å². The van der Waals surface area contributed by atoms with Gasteiger partial charge in [0.05, 0.1) is 16.7 Å². The molecule has 2 N–H and O–H groups in total. The number of amides is 1. The molecule has 0 unspecified atom stereocenters. The van der Waals surface area contributed by atoms with Crippen LogP contribution in [-0.4, -0.2) is 23.5 Å². The number of aromatic nitrogens is 1. The van der Waals surface area contributed by atoms with Gasteiger partial charge in [-0.1, -0.05) is 12.1 Å². The average Bonchev–Trinajstić information content (AvgIpc) is 3.10. The lowest BCUT2D eigenvalue weighted by Gasteiger charge is -2.11. The third-order valence-electron chi connectivity index (χ3n) is 3.42. The maximum atomic E-state index is 12.1. The van der Waals surface area contributed by atoms with Crippen LogP contribution in [0.2, 0.25) is 0 Å². The largest absolute Gasteiger partial charge is 0.325 e. The SMILES string of the molecule is Cc1nc(-c2cccc(NC(=O)[C@@H]3CCCN3)c2)cs1.Cl. The quantitative estimate of drug-likeness (QED) is 0.911. The van der Waals surface area contributed by atoms with E-state index in [4.69, 9.17) is 0 Å². The van der Waals surface area contributed by atoms with Crippen molar-refractivity contribution in [2.45, 2.75) is 25.8 Å². The summed E-state index contributed by atoms with van der Waals surface area (Å²) in [4.78, 5) is 16.6. The second kappa shape index (κ2) is 7.02. The van der Waals surface area contributed by atoms with Crippen molar-refractivity contribution in [3.63, 3.8) is 0 Å². The van der Waals surface area contributed by atoms with Gasteiger partial charge in [0.15, 0.2) is 0 Å². The number of carbonyl (C=O) groups excluding carboxylic acids is 1. The van der Waals surface area contributed by atoms with Crippen LogP contribution < -0.4 is 10.6 Å². The van der Waals surface area contributed by atoms with Gasteiger partial charge in [0.1, 0.15) is 0 Å². The number of thiazole rings is 1. The van der Waals surface area contributed by atoms with E-state index in [2.05, 4.69) is 15.6 Å². The van der Waals surface area contributed by atoms with E-state index < -0.39 is 0 Å². The molecule has 0 saturated carbocycles. The summed E-state index contributed by atoms with van der Waals surface area (Å²) < 4.78 is 0. The first kappa shape index (κ1) is 15.9. The Morgan fingerprint density at radius 1 is 1.48 bits per heavy atom. The lowest BCUT2D eigenvalue weighted by atomic mass is 10.1. The van der Waals surface area contributed by atoms with Crippen LogP contribution in [0.3, 0.4) is 0 Å². The summed E-state index contributed by atoms with van der Waals surface area (Å²) in [6, 6.07) is 7.79. The van der Waals surface area contributed by atoms with Gasteiger partial charge in [-0.25, -0.2) is 4.98 Å². The lowest BCUT2D eigenvalue weighted by molar-refractivity contribution is -0.117. The Bertz CT molecular complexity index is 623. The first-order chi connectivity index (χ1) is 9.72. The molecule has 6 heteroatoms. The Morgan fingerprint density at radius 3 is 3.00 bits per heavy atom. The fraction of sp³-hybridized carbons (Fsp3) is 0.333. The smallest absolute Gasteiger partial charge is 0.241 e.